The Labute approximate surface area is 140 Å². The second-order valence-corrected chi connectivity index (χ2v) is 7.16. The van der Waals surface area contributed by atoms with Crippen molar-refractivity contribution in [2.75, 3.05) is 6.54 Å². The average Bonchev–Trinajstić information content (AvgIpc) is 3.03. The van der Waals surface area contributed by atoms with Crippen molar-refractivity contribution in [3.63, 3.8) is 0 Å². The molecule has 1 fully saturated rings. The van der Waals surface area contributed by atoms with Gasteiger partial charge in [-0.3, -0.25) is 4.79 Å². The summed E-state index contributed by atoms with van der Waals surface area (Å²) in [5, 5.41) is 11.5. The highest BCUT2D eigenvalue weighted by Gasteiger charge is 2.34. The summed E-state index contributed by atoms with van der Waals surface area (Å²) in [6.07, 6.45) is -1.02. The number of amides is 1. The Morgan fingerprint density at radius 3 is 2.38 bits per heavy atom. The van der Waals surface area contributed by atoms with Crippen LogP contribution in [0.5, 0.6) is 0 Å². The number of rotatable bonds is 7. The van der Waals surface area contributed by atoms with E-state index in [1.165, 1.54) is 12.1 Å². The SMILES string of the molecule is CCNS(=O)(=O)c1ccc(CNC(=O)[C@@H]2CC[C@H](C(=O)O)O2)cc1. The number of hydrogen-bond acceptors (Lipinski definition) is 5. The molecule has 24 heavy (non-hydrogen) atoms. The number of hydrogen-bond donors (Lipinski definition) is 3. The van der Waals surface area contributed by atoms with Crippen LogP contribution >= 0.6 is 0 Å². The Kier molecular flexibility index (Phi) is 5.92. The van der Waals surface area contributed by atoms with Crippen molar-refractivity contribution in [1.82, 2.24) is 10.0 Å². The van der Waals surface area contributed by atoms with Crippen molar-refractivity contribution in [3.05, 3.63) is 29.8 Å². The van der Waals surface area contributed by atoms with Crippen LogP contribution in [-0.4, -0.2) is 44.2 Å². The number of carboxylic acids is 1. The van der Waals surface area contributed by atoms with Gasteiger partial charge in [0.25, 0.3) is 0 Å². The van der Waals surface area contributed by atoms with Crippen molar-refractivity contribution < 1.29 is 27.9 Å². The molecule has 0 radical (unpaired) electrons. The predicted octanol–water partition coefficient (Wildman–Crippen LogP) is 0.233. The molecule has 1 amide bonds. The minimum absolute atomic E-state index is 0.155. The van der Waals surface area contributed by atoms with Crippen LogP contribution in [0, 0.1) is 0 Å². The van der Waals surface area contributed by atoms with E-state index in [1.54, 1.807) is 19.1 Å². The lowest BCUT2D eigenvalue weighted by molar-refractivity contribution is -0.151. The van der Waals surface area contributed by atoms with E-state index in [9.17, 15) is 18.0 Å². The summed E-state index contributed by atoms with van der Waals surface area (Å²) in [6.45, 7) is 2.21. The second kappa shape index (κ2) is 7.73. The first-order chi connectivity index (χ1) is 11.3. The molecule has 1 heterocycles. The normalized spacial score (nSPS) is 20.7. The predicted molar refractivity (Wildman–Crippen MR) is 84.7 cm³/mol. The molecule has 0 unspecified atom stereocenters. The average molecular weight is 356 g/mol. The van der Waals surface area contributed by atoms with Crippen molar-refractivity contribution >= 4 is 21.9 Å². The summed E-state index contributed by atoms with van der Waals surface area (Å²) in [7, 11) is -3.50. The molecule has 132 valence electrons. The van der Waals surface area contributed by atoms with Gasteiger partial charge in [-0.05, 0) is 30.5 Å². The molecule has 0 aromatic heterocycles. The third kappa shape index (κ3) is 4.53. The highest BCUT2D eigenvalue weighted by Crippen LogP contribution is 2.20. The van der Waals surface area contributed by atoms with Crippen molar-refractivity contribution in [1.29, 1.82) is 0 Å². The first kappa shape index (κ1) is 18.4. The smallest absolute Gasteiger partial charge is 0.332 e. The number of carbonyl (C=O) groups excluding carboxylic acids is 1. The molecule has 2 atom stereocenters. The highest BCUT2D eigenvalue weighted by molar-refractivity contribution is 7.89. The van der Waals surface area contributed by atoms with Crippen LogP contribution in [0.25, 0.3) is 0 Å². The topological polar surface area (TPSA) is 122 Å². The number of benzene rings is 1. The van der Waals surface area contributed by atoms with Gasteiger partial charge in [-0.2, -0.15) is 0 Å². The van der Waals surface area contributed by atoms with Crippen LogP contribution < -0.4 is 10.0 Å². The Morgan fingerprint density at radius 1 is 1.21 bits per heavy atom. The number of ether oxygens (including phenoxy) is 1. The van der Waals surface area contributed by atoms with Crippen LogP contribution in [-0.2, 0) is 30.9 Å². The lowest BCUT2D eigenvalue weighted by atomic mass is 10.2. The van der Waals surface area contributed by atoms with Gasteiger partial charge < -0.3 is 15.2 Å². The Hall–Kier alpha value is -1.97. The quantitative estimate of drug-likeness (QED) is 0.643. The van der Waals surface area contributed by atoms with Gasteiger partial charge in [-0.25, -0.2) is 17.9 Å². The van der Waals surface area contributed by atoms with Gasteiger partial charge in [0.2, 0.25) is 15.9 Å². The van der Waals surface area contributed by atoms with Gasteiger partial charge >= 0.3 is 5.97 Å². The van der Waals surface area contributed by atoms with Gasteiger partial charge in [-0.15, -0.1) is 0 Å². The van der Waals surface area contributed by atoms with Crippen LogP contribution in [0.2, 0.25) is 0 Å². The van der Waals surface area contributed by atoms with Crippen LogP contribution in [0.3, 0.4) is 0 Å². The van der Waals surface area contributed by atoms with E-state index in [2.05, 4.69) is 10.0 Å². The zero-order chi connectivity index (χ0) is 17.7. The molecule has 1 aromatic rings. The van der Waals surface area contributed by atoms with Crippen molar-refractivity contribution in [2.45, 2.75) is 43.4 Å². The molecule has 0 bridgehead atoms. The molecule has 0 spiro atoms. The van der Waals surface area contributed by atoms with E-state index in [-0.39, 0.29) is 17.3 Å². The monoisotopic (exact) mass is 356 g/mol. The van der Waals surface area contributed by atoms with Crippen LogP contribution in [0.4, 0.5) is 0 Å². The van der Waals surface area contributed by atoms with E-state index >= 15 is 0 Å². The first-order valence-electron chi connectivity index (χ1n) is 7.58. The second-order valence-electron chi connectivity index (χ2n) is 5.39. The Morgan fingerprint density at radius 2 is 1.83 bits per heavy atom. The molecule has 1 saturated heterocycles. The number of carbonyl (C=O) groups is 2. The Balaban J connectivity index is 1.89. The fourth-order valence-corrected chi connectivity index (χ4v) is 3.42. The first-order valence-corrected chi connectivity index (χ1v) is 9.06. The van der Waals surface area contributed by atoms with E-state index in [0.29, 0.717) is 19.4 Å². The zero-order valence-electron chi connectivity index (χ0n) is 13.2. The number of carboxylic acid groups (broad SMARTS) is 1. The summed E-state index contributed by atoms with van der Waals surface area (Å²) >= 11 is 0. The third-order valence-corrected chi connectivity index (χ3v) is 5.18. The highest BCUT2D eigenvalue weighted by atomic mass is 32.2. The van der Waals surface area contributed by atoms with E-state index in [4.69, 9.17) is 9.84 Å². The van der Waals surface area contributed by atoms with Crippen LogP contribution in [0.1, 0.15) is 25.3 Å². The van der Waals surface area contributed by atoms with Gasteiger partial charge in [0.05, 0.1) is 4.90 Å². The molecular weight excluding hydrogens is 336 g/mol. The molecule has 8 nitrogen and oxygen atoms in total. The molecule has 9 heteroatoms. The molecule has 1 aliphatic heterocycles. The molecule has 2 rings (SSSR count). The zero-order valence-corrected chi connectivity index (χ0v) is 14.0. The number of sulfonamides is 1. The minimum Gasteiger partial charge on any atom is -0.479 e. The minimum atomic E-state index is -3.50. The van der Waals surface area contributed by atoms with Crippen LogP contribution in [0.15, 0.2) is 29.2 Å². The van der Waals surface area contributed by atoms with Crippen molar-refractivity contribution in [3.8, 4) is 0 Å². The standard InChI is InChI=1S/C15H20N2O6S/c1-2-17-24(21,22)11-5-3-10(4-6-11)9-16-14(18)12-7-8-13(23-12)15(19)20/h3-6,12-13,17H,2,7-9H2,1H3,(H,16,18)(H,19,20)/t12-,13+/m0/s1. The van der Waals surface area contributed by atoms with E-state index < -0.39 is 28.2 Å². The molecule has 3 N–H and O–H groups in total. The summed E-state index contributed by atoms with van der Waals surface area (Å²) in [5.41, 5.74) is 0.728. The van der Waals surface area contributed by atoms with Gasteiger partial charge in [0.15, 0.2) is 6.10 Å². The molecular formula is C15H20N2O6S. The molecule has 0 saturated carbocycles. The summed E-state index contributed by atoms with van der Waals surface area (Å²) in [4.78, 5) is 22.9. The van der Waals surface area contributed by atoms with Gasteiger partial charge in [0.1, 0.15) is 6.10 Å². The van der Waals surface area contributed by atoms with E-state index in [0.717, 1.165) is 5.56 Å². The maximum Gasteiger partial charge on any atom is 0.332 e. The molecule has 1 aliphatic rings. The van der Waals surface area contributed by atoms with Gasteiger partial charge in [-0.1, -0.05) is 19.1 Å². The lowest BCUT2D eigenvalue weighted by Crippen LogP contribution is -2.35. The summed E-state index contributed by atoms with van der Waals surface area (Å²) in [5.74, 6) is -1.44. The third-order valence-electron chi connectivity index (χ3n) is 3.62. The summed E-state index contributed by atoms with van der Waals surface area (Å²) < 4.78 is 31.2. The largest absolute Gasteiger partial charge is 0.479 e. The number of nitrogens with one attached hydrogen (secondary N) is 2. The Bertz CT molecular complexity index is 701. The summed E-state index contributed by atoms with van der Waals surface area (Å²) in [6, 6.07) is 6.15. The molecule has 0 aliphatic carbocycles. The fraction of sp³-hybridized carbons (Fsp3) is 0.467. The van der Waals surface area contributed by atoms with E-state index in [1.807, 2.05) is 0 Å². The number of aliphatic carboxylic acids is 1. The maximum absolute atomic E-state index is 12.0. The fourth-order valence-electron chi connectivity index (χ4n) is 2.37. The lowest BCUT2D eigenvalue weighted by Gasteiger charge is -2.12. The maximum atomic E-state index is 12.0. The van der Waals surface area contributed by atoms with Gasteiger partial charge in [0, 0.05) is 13.1 Å². The van der Waals surface area contributed by atoms with Crippen molar-refractivity contribution in [2.24, 2.45) is 0 Å². The molecule has 1 aromatic carbocycles.